The Hall–Kier alpha value is -1.69. The zero-order valence-corrected chi connectivity index (χ0v) is 13.3. The molecule has 0 fully saturated rings. The van der Waals surface area contributed by atoms with Crippen molar-refractivity contribution in [2.75, 3.05) is 20.1 Å². The molecule has 0 saturated heterocycles. The highest BCUT2D eigenvalue weighted by atomic mass is 16.4. The number of likely N-dealkylation sites (N-methyl/N-ethyl adjacent to an activating group) is 1. The van der Waals surface area contributed by atoms with Crippen molar-refractivity contribution in [2.24, 2.45) is 0 Å². The average molecular weight is 295 g/mol. The second kappa shape index (κ2) is 7.93. The number of aromatic nitrogens is 2. The fourth-order valence-electron chi connectivity index (χ4n) is 2.40. The van der Waals surface area contributed by atoms with Gasteiger partial charge in [0.15, 0.2) is 0 Å². The smallest absolute Gasteiger partial charge is 0.348 e. The fourth-order valence-corrected chi connectivity index (χ4v) is 2.40. The lowest BCUT2D eigenvalue weighted by Crippen LogP contribution is -2.34. The summed E-state index contributed by atoms with van der Waals surface area (Å²) in [5.41, 5.74) is 1.84. The van der Waals surface area contributed by atoms with Gasteiger partial charge in [0.25, 0.3) is 0 Å². The maximum atomic E-state index is 12.2. The second-order valence-corrected chi connectivity index (χ2v) is 5.09. The van der Waals surface area contributed by atoms with Gasteiger partial charge < -0.3 is 10.0 Å². The zero-order chi connectivity index (χ0) is 16.0. The number of carboxylic acids is 1. The summed E-state index contributed by atoms with van der Waals surface area (Å²) in [5, 5.41) is 9.10. The third-order valence-corrected chi connectivity index (χ3v) is 3.73. The number of hydrogen-bond donors (Lipinski definition) is 1. The molecular weight excluding hydrogens is 270 g/mol. The van der Waals surface area contributed by atoms with E-state index >= 15 is 0 Å². The first-order valence-electron chi connectivity index (χ1n) is 7.46. The van der Waals surface area contributed by atoms with Crippen LogP contribution < -0.4 is 5.69 Å². The Morgan fingerprint density at radius 3 is 2.43 bits per heavy atom. The molecule has 0 saturated carbocycles. The Morgan fingerprint density at radius 2 is 1.95 bits per heavy atom. The van der Waals surface area contributed by atoms with Crippen molar-refractivity contribution in [1.29, 1.82) is 0 Å². The van der Waals surface area contributed by atoms with E-state index in [1.54, 1.807) is 4.57 Å². The van der Waals surface area contributed by atoms with Gasteiger partial charge in [0.05, 0.1) is 12.1 Å². The third-order valence-electron chi connectivity index (χ3n) is 3.73. The van der Waals surface area contributed by atoms with Crippen LogP contribution in [0.15, 0.2) is 4.79 Å². The Balaban J connectivity index is 3.29. The Morgan fingerprint density at radius 1 is 1.29 bits per heavy atom. The molecule has 0 spiro atoms. The molecule has 6 heteroatoms. The van der Waals surface area contributed by atoms with Crippen molar-refractivity contribution < 1.29 is 9.90 Å². The van der Waals surface area contributed by atoms with Gasteiger partial charge in [0.2, 0.25) is 0 Å². The molecular formula is C15H25N3O3. The van der Waals surface area contributed by atoms with E-state index in [1.807, 2.05) is 20.9 Å². The molecule has 1 N–H and O–H groups in total. The number of rotatable bonds is 8. The SMILES string of the molecule is CCc1nc(=O)n(CCN(C)CC)c(CC)c1CC(=O)O. The summed E-state index contributed by atoms with van der Waals surface area (Å²) >= 11 is 0. The van der Waals surface area contributed by atoms with Crippen molar-refractivity contribution in [3.8, 4) is 0 Å². The van der Waals surface area contributed by atoms with E-state index in [0.717, 1.165) is 18.8 Å². The largest absolute Gasteiger partial charge is 0.481 e. The number of aliphatic carboxylic acids is 1. The molecule has 0 radical (unpaired) electrons. The number of hydrogen-bond acceptors (Lipinski definition) is 4. The lowest BCUT2D eigenvalue weighted by molar-refractivity contribution is -0.136. The van der Waals surface area contributed by atoms with E-state index in [2.05, 4.69) is 16.8 Å². The minimum Gasteiger partial charge on any atom is -0.481 e. The molecule has 0 atom stereocenters. The van der Waals surface area contributed by atoms with Crippen LogP contribution in [0.4, 0.5) is 0 Å². The first-order valence-corrected chi connectivity index (χ1v) is 7.46. The normalized spacial score (nSPS) is 11.1. The highest BCUT2D eigenvalue weighted by molar-refractivity contribution is 5.71. The van der Waals surface area contributed by atoms with Gasteiger partial charge in [0, 0.05) is 24.3 Å². The maximum Gasteiger partial charge on any atom is 0.348 e. The van der Waals surface area contributed by atoms with E-state index in [9.17, 15) is 9.59 Å². The van der Waals surface area contributed by atoms with Crippen LogP contribution in [0.3, 0.4) is 0 Å². The first kappa shape index (κ1) is 17.4. The van der Waals surface area contributed by atoms with E-state index in [1.165, 1.54) is 0 Å². The number of carboxylic acid groups (broad SMARTS) is 1. The van der Waals surface area contributed by atoms with Crippen LogP contribution in [0.5, 0.6) is 0 Å². The molecule has 0 bridgehead atoms. The molecule has 21 heavy (non-hydrogen) atoms. The molecule has 1 heterocycles. The maximum absolute atomic E-state index is 12.2. The second-order valence-electron chi connectivity index (χ2n) is 5.09. The first-order chi connectivity index (χ1) is 9.94. The van der Waals surface area contributed by atoms with Gasteiger partial charge in [-0.05, 0) is 26.4 Å². The van der Waals surface area contributed by atoms with Crippen molar-refractivity contribution in [3.05, 3.63) is 27.4 Å². The van der Waals surface area contributed by atoms with Crippen molar-refractivity contribution in [2.45, 2.75) is 46.6 Å². The summed E-state index contributed by atoms with van der Waals surface area (Å²) in [6.07, 6.45) is 1.12. The Kier molecular flexibility index (Phi) is 6.55. The van der Waals surface area contributed by atoms with Gasteiger partial charge in [0.1, 0.15) is 0 Å². The average Bonchev–Trinajstić information content (AvgIpc) is 2.45. The minimum atomic E-state index is -0.892. The highest BCUT2D eigenvalue weighted by Gasteiger charge is 2.17. The summed E-state index contributed by atoms with van der Waals surface area (Å²) in [6.45, 7) is 8.07. The molecule has 118 valence electrons. The summed E-state index contributed by atoms with van der Waals surface area (Å²) in [7, 11) is 1.99. The van der Waals surface area contributed by atoms with Crippen molar-refractivity contribution in [3.63, 3.8) is 0 Å². The van der Waals surface area contributed by atoms with Crippen LogP contribution >= 0.6 is 0 Å². The fraction of sp³-hybridized carbons (Fsp3) is 0.667. The highest BCUT2D eigenvalue weighted by Crippen LogP contribution is 2.14. The summed E-state index contributed by atoms with van der Waals surface area (Å²) < 4.78 is 1.63. The molecule has 1 aromatic rings. The molecule has 0 unspecified atom stereocenters. The van der Waals surface area contributed by atoms with Crippen LogP contribution in [0.1, 0.15) is 37.7 Å². The lowest BCUT2D eigenvalue weighted by atomic mass is 10.0. The monoisotopic (exact) mass is 295 g/mol. The van der Waals surface area contributed by atoms with Gasteiger partial charge in [-0.25, -0.2) is 4.79 Å². The molecule has 0 aliphatic carbocycles. The van der Waals surface area contributed by atoms with E-state index in [0.29, 0.717) is 30.6 Å². The zero-order valence-electron chi connectivity index (χ0n) is 13.3. The van der Waals surface area contributed by atoms with E-state index < -0.39 is 5.97 Å². The number of nitrogens with zero attached hydrogens (tertiary/aromatic N) is 3. The molecule has 0 aliphatic heterocycles. The van der Waals surface area contributed by atoms with Crippen LogP contribution in [-0.2, 0) is 30.6 Å². The third kappa shape index (κ3) is 4.39. The molecule has 1 rings (SSSR count). The van der Waals surface area contributed by atoms with Crippen molar-refractivity contribution >= 4 is 5.97 Å². The predicted octanol–water partition coefficient (Wildman–Crippen LogP) is 0.947. The summed E-state index contributed by atoms with van der Waals surface area (Å²) in [4.78, 5) is 29.5. The van der Waals surface area contributed by atoms with E-state index in [-0.39, 0.29) is 12.1 Å². The molecule has 0 aliphatic rings. The molecule has 6 nitrogen and oxygen atoms in total. The Labute approximate surface area is 125 Å². The molecule has 0 aromatic carbocycles. The van der Waals surface area contributed by atoms with Gasteiger partial charge in [-0.15, -0.1) is 0 Å². The van der Waals surface area contributed by atoms with Crippen molar-refractivity contribution in [1.82, 2.24) is 14.5 Å². The number of aryl methyl sites for hydroxylation is 1. The van der Waals surface area contributed by atoms with Crippen LogP contribution in [-0.4, -0.2) is 45.7 Å². The van der Waals surface area contributed by atoms with Gasteiger partial charge in [-0.1, -0.05) is 20.8 Å². The van der Waals surface area contributed by atoms with Crippen LogP contribution in [0.2, 0.25) is 0 Å². The van der Waals surface area contributed by atoms with Gasteiger partial charge in [-0.3, -0.25) is 9.36 Å². The Bertz CT molecular complexity index is 552. The van der Waals surface area contributed by atoms with E-state index in [4.69, 9.17) is 5.11 Å². The van der Waals surface area contributed by atoms with Crippen LogP contribution in [0, 0.1) is 0 Å². The predicted molar refractivity (Wildman–Crippen MR) is 81.8 cm³/mol. The topological polar surface area (TPSA) is 75.4 Å². The minimum absolute atomic E-state index is 0.0801. The number of carbonyl (C=O) groups is 1. The molecule has 1 aromatic heterocycles. The van der Waals surface area contributed by atoms with Gasteiger partial charge in [-0.2, -0.15) is 4.98 Å². The summed E-state index contributed by atoms with van der Waals surface area (Å²) in [6, 6.07) is 0. The lowest BCUT2D eigenvalue weighted by Gasteiger charge is -2.20. The van der Waals surface area contributed by atoms with Crippen LogP contribution in [0.25, 0.3) is 0 Å². The summed E-state index contributed by atoms with van der Waals surface area (Å²) in [5.74, 6) is -0.892. The molecule has 0 amide bonds. The quantitative estimate of drug-likeness (QED) is 0.772. The standard InChI is InChI=1S/C15H25N3O3/c1-5-12-11(10-14(19)20)13(6-2)18(15(21)16-12)9-8-17(4)7-3/h5-10H2,1-4H3,(H,19,20). The van der Waals surface area contributed by atoms with Gasteiger partial charge >= 0.3 is 11.7 Å².